The number of likely N-dealkylation sites (N-methyl/N-ethyl adjacent to an activating group) is 1. The van der Waals surface area contributed by atoms with Gasteiger partial charge >= 0.3 is 0 Å². The molecule has 0 heterocycles. The lowest BCUT2D eigenvalue weighted by atomic mass is 9.92. The van der Waals surface area contributed by atoms with Crippen molar-refractivity contribution in [2.24, 2.45) is 5.92 Å². The normalized spacial score (nSPS) is 29.1. The van der Waals surface area contributed by atoms with Gasteiger partial charge in [-0.2, -0.15) is 0 Å². The molecule has 0 radical (unpaired) electrons. The van der Waals surface area contributed by atoms with E-state index in [9.17, 15) is 0 Å². The third kappa shape index (κ3) is 1.98. The minimum absolute atomic E-state index is 0.410. The maximum absolute atomic E-state index is 3.55. The Hall–Kier alpha value is -0.340. The summed E-state index contributed by atoms with van der Waals surface area (Å²) in [6.45, 7) is 3.39. The Morgan fingerprint density at radius 2 is 2.33 bits per heavy atom. The molecule has 2 heteroatoms. The summed E-state index contributed by atoms with van der Waals surface area (Å²) >= 11 is 3.55. The molecule has 2 atom stereocenters. The highest BCUT2D eigenvalue weighted by Crippen LogP contribution is 2.55. The minimum atomic E-state index is 0.410. The van der Waals surface area contributed by atoms with Crippen molar-refractivity contribution in [1.82, 2.24) is 5.32 Å². The van der Waals surface area contributed by atoms with Gasteiger partial charge in [0, 0.05) is 16.4 Å². The molecule has 2 unspecified atom stereocenters. The fourth-order valence-corrected chi connectivity index (χ4v) is 3.10. The molecule has 0 saturated heterocycles. The zero-order valence-electron chi connectivity index (χ0n) is 9.39. The molecule has 0 bridgehead atoms. The van der Waals surface area contributed by atoms with Gasteiger partial charge in [-0.1, -0.05) is 41.4 Å². The standard InChI is InChI=1S/C13H18BrN/c1-3-10-8-13(10,9-15-2)11-5-4-6-12(14)7-11/h4-7,10,15H,3,8-9H2,1-2H3. The number of nitrogens with one attached hydrogen (secondary N) is 1. The summed E-state index contributed by atoms with van der Waals surface area (Å²) in [4.78, 5) is 0. The Balaban J connectivity index is 2.27. The molecule has 0 amide bonds. The first-order valence-corrected chi connectivity index (χ1v) is 6.43. The minimum Gasteiger partial charge on any atom is -0.319 e. The van der Waals surface area contributed by atoms with Gasteiger partial charge in [0.1, 0.15) is 0 Å². The quantitative estimate of drug-likeness (QED) is 0.883. The lowest BCUT2D eigenvalue weighted by Crippen LogP contribution is -2.25. The first-order valence-electron chi connectivity index (χ1n) is 5.63. The van der Waals surface area contributed by atoms with Crippen LogP contribution in [0.15, 0.2) is 28.7 Å². The lowest BCUT2D eigenvalue weighted by Gasteiger charge is -2.17. The van der Waals surface area contributed by atoms with Crippen molar-refractivity contribution in [2.75, 3.05) is 13.6 Å². The van der Waals surface area contributed by atoms with E-state index in [1.165, 1.54) is 22.9 Å². The fourth-order valence-electron chi connectivity index (χ4n) is 2.70. The zero-order valence-corrected chi connectivity index (χ0v) is 11.0. The number of halogens is 1. The van der Waals surface area contributed by atoms with E-state index in [1.807, 2.05) is 7.05 Å². The maximum atomic E-state index is 3.55. The molecule has 15 heavy (non-hydrogen) atoms. The molecule has 1 aliphatic carbocycles. The molecular weight excluding hydrogens is 250 g/mol. The van der Waals surface area contributed by atoms with Crippen molar-refractivity contribution < 1.29 is 0 Å². The van der Waals surface area contributed by atoms with E-state index in [0.717, 1.165) is 12.5 Å². The van der Waals surface area contributed by atoms with E-state index >= 15 is 0 Å². The Morgan fingerprint density at radius 3 is 2.87 bits per heavy atom. The van der Waals surface area contributed by atoms with Crippen LogP contribution in [0.3, 0.4) is 0 Å². The average Bonchev–Trinajstić information content (AvgIpc) is 2.94. The van der Waals surface area contributed by atoms with Gasteiger partial charge in [-0.05, 0) is 37.1 Å². The predicted molar refractivity (Wildman–Crippen MR) is 68.1 cm³/mol. The smallest absolute Gasteiger partial charge is 0.0178 e. The Labute approximate surface area is 100 Å². The second-order valence-corrected chi connectivity index (χ2v) is 5.42. The molecule has 1 aromatic carbocycles. The van der Waals surface area contributed by atoms with E-state index in [0.29, 0.717) is 5.41 Å². The first kappa shape index (κ1) is 11.2. The van der Waals surface area contributed by atoms with Gasteiger partial charge in [0.05, 0.1) is 0 Å². The average molecular weight is 268 g/mol. The van der Waals surface area contributed by atoms with Crippen molar-refractivity contribution >= 4 is 15.9 Å². The summed E-state index contributed by atoms with van der Waals surface area (Å²) in [5.74, 6) is 0.860. The molecule has 0 aromatic heterocycles. The number of rotatable bonds is 4. The predicted octanol–water partition coefficient (Wildman–Crippen LogP) is 3.34. The third-order valence-corrected chi connectivity index (χ3v) is 4.11. The van der Waals surface area contributed by atoms with Gasteiger partial charge in [0.2, 0.25) is 0 Å². The highest BCUT2D eigenvalue weighted by Gasteiger charge is 2.53. The summed E-state index contributed by atoms with van der Waals surface area (Å²) in [6, 6.07) is 8.77. The Kier molecular flexibility index (Phi) is 3.17. The van der Waals surface area contributed by atoms with Crippen molar-refractivity contribution in [3.8, 4) is 0 Å². The second-order valence-electron chi connectivity index (χ2n) is 4.51. The van der Waals surface area contributed by atoms with Gasteiger partial charge in [-0.25, -0.2) is 0 Å². The molecule has 1 aromatic rings. The van der Waals surface area contributed by atoms with Crippen LogP contribution in [-0.4, -0.2) is 13.6 Å². The van der Waals surface area contributed by atoms with Gasteiger partial charge in [-0.3, -0.25) is 0 Å². The Bertz CT molecular complexity index is 350. The largest absolute Gasteiger partial charge is 0.319 e. The van der Waals surface area contributed by atoms with Crippen LogP contribution in [0.4, 0.5) is 0 Å². The summed E-state index contributed by atoms with van der Waals surface area (Å²) in [5, 5.41) is 3.34. The lowest BCUT2D eigenvalue weighted by molar-refractivity contribution is 0.554. The van der Waals surface area contributed by atoms with Crippen molar-refractivity contribution in [1.29, 1.82) is 0 Å². The van der Waals surface area contributed by atoms with Gasteiger partial charge in [-0.15, -0.1) is 0 Å². The summed E-state index contributed by atoms with van der Waals surface area (Å²) in [7, 11) is 2.05. The van der Waals surface area contributed by atoms with Crippen LogP contribution in [0.1, 0.15) is 25.3 Å². The summed E-state index contributed by atoms with van der Waals surface area (Å²) < 4.78 is 1.19. The molecule has 82 valence electrons. The molecular formula is C13H18BrN. The molecule has 1 aliphatic rings. The van der Waals surface area contributed by atoms with Crippen LogP contribution in [-0.2, 0) is 5.41 Å². The summed E-state index contributed by atoms with van der Waals surface area (Å²) in [5.41, 5.74) is 1.89. The molecule has 0 aliphatic heterocycles. The highest BCUT2D eigenvalue weighted by atomic mass is 79.9. The highest BCUT2D eigenvalue weighted by molar-refractivity contribution is 9.10. The summed E-state index contributed by atoms with van der Waals surface area (Å²) in [6.07, 6.45) is 2.62. The van der Waals surface area contributed by atoms with Crippen LogP contribution in [0.2, 0.25) is 0 Å². The van der Waals surface area contributed by atoms with Crippen LogP contribution in [0, 0.1) is 5.92 Å². The topological polar surface area (TPSA) is 12.0 Å². The van der Waals surface area contributed by atoms with Crippen LogP contribution in [0.5, 0.6) is 0 Å². The van der Waals surface area contributed by atoms with Crippen molar-refractivity contribution in [3.05, 3.63) is 34.3 Å². The maximum Gasteiger partial charge on any atom is 0.0178 e. The van der Waals surface area contributed by atoms with Gasteiger partial charge in [0.25, 0.3) is 0 Å². The van der Waals surface area contributed by atoms with Crippen molar-refractivity contribution in [2.45, 2.75) is 25.2 Å². The molecule has 1 fully saturated rings. The number of benzene rings is 1. The zero-order chi connectivity index (χ0) is 10.9. The molecule has 1 saturated carbocycles. The van der Waals surface area contributed by atoms with E-state index in [1.54, 1.807) is 0 Å². The third-order valence-electron chi connectivity index (χ3n) is 3.62. The van der Waals surface area contributed by atoms with Crippen LogP contribution < -0.4 is 5.32 Å². The second kappa shape index (κ2) is 4.26. The molecule has 1 N–H and O–H groups in total. The number of hydrogen-bond donors (Lipinski definition) is 1. The van der Waals surface area contributed by atoms with E-state index in [2.05, 4.69) is 52.4 Å². The SMILES string of the molecule is CCC1CC1(CNC)c1cccc(Br)c1. The van der Waals surface area contributed by atoms with Gasteiger partial charge < -0.3 is 5.32 Å². The Morgan fingerprint density at radius 1 is 1.53 bits per heavy atom. The van der Waals surface area contributed by atoms with E-state index < -0.39 is 0 Å². The van der Waals surface area contributed by atoms with Crippen molar-refractivity contribution in [3.63, 3.8) is 0 Å². The van der Waals surface area contributed by atoms with Crippen LogP contribution >= 0.6 is 15.9 Å². The monoisotopic (exact) mass is 267 g/mol. The van der Waals surface area contributed by atoms with E-state index in [-0.39, 0.29) is 0 Å². The van der Waals surface area contributed by atoms with E-state index in [4.69, 9.17) is 0 Å². The molecule has 0 spiro atoms. The first-order chi connectivity index (χ1) is 7.23. The fraction of sp³-hybridized carbons (Fsp3) is 0.538. The van der Waals surface area contributed by atoms with Gasteiger partial charge in [0.15, 0.2) is 0 Å². The molecule has 1 nitrogen and oxygen atoms in total. The molecule has 2 rings (SSSR count). The van der Waals surface area contributed by atoms with Crippen LogP contribution in [0.25, 0.3) is 0 Å². The number of hydrogen-bond acceptors (Lipinski definition) is 1.